The van der Waals surface area contributed by atoms with Crippen LogP contribution in [0.25, 0.3) is 38.0 Å². The van der Waals surface area contributed by atoms with E-state index in [2.05, 4.69) is 4.85 Å². The lowest BCUT2D eigenvalue weighted by Crippen LogP contribution is -2.31. The first-order valence-electron chi connectivity index (χ1n) is 12.2. The van der Waals surface area contributed by atoms with Gasteiger partial charge in [0.15, 0.2) is 11.9 Å². The van der Waals surface area contributed by atoms with Crippen molar-refractivity contribution < 1.29 is 17.2 Å². The van der Waals surface area contributed by atoms with E-state index < -0.39 is 13.2 Å². The van der Waals surface area contributed by atoms with Gasteiger partial charge in [-0.2, -0.15) is 0 Å². The number of pyridine rings is 1. The first-order chi connectivity index (χ1) is 15.8. The molecule has 0 spiro atoms. The highest BCUT2D eigenvalue weighted by Crippen LogP contribution is 2.40. The molecule has 28 heavy (non-hydrogen) atoms. The van der Waals surface area contributed by atoms with Crippen LogP contribution in [0.3, 0.4) is 0 Å². The number of furan rings is 1. The molecule has 4 aromatic rings. The van der Waals surface area contributed by atoms with Crippen molar-refractivity contribution in [2.75, 3.05) is 0 Å². The van der Waals surface area contributed by atoms with E-state index in [1.807, 2.05) is 13.0 Å². The standard InChI is InChI=1S/C25H25N2O/c1-15(2)13-18-11-12-27(6)21(14-18)23-16(3)7-8-19-24-17(4)20(26-5)9-10-22(24)28-25(19)23/h7-12,14-15H,13H2,1-4,6H3/q+1/i4D3,13D2,14D. The minimum atomic E-state index is -2.51. The van der Waals surface area contributed by atoms with Crippen LogP contribution in [0.5, 0.6) is 0 Å². The van der Waals surface area contributed by atoms with Crippen LogP contribution in [-0.2, 0) is 13.4 Å². The second-order valence-corrected chi connectivity index (χ2v) is 7.29. The number of nitrogens with zero attached hydrogens (tertiary/aromatic N) is 2. The zero-order valence-electron chi connectivity index (χ0n) is 22.3. The molecule has 0 fully saturated rings. The molecule has 0 saturated heterocycles. The average molecular weight is 376 g/mol. The Balaban J connectivity index is 2.17. The predicted octanol–water partition coefficient (Wildman–Crippen LogP) is 6.44. The number of hydrogen-bond donors (Lipinski definition) is 0. The maximum Gasteiger partial charge on any atom is 0.216 e. The van der Waals surface area contributed by atoms with Gasteiger partial charge in [0.2, 0.25) is 5.69 Å². The Kier molecular flexibility index (Phi) is 3.00. The van der Waals surface area contributed by atoms with Crippen molar-refractivity contribution in [1.29, 1.82) is 0 Å². The Morgan fingerprint density at radius 2 is 2.11 bits per heavy atom. The van der Waals surface area contributed by atoms with E-state index >= 15 is 0 Å². The highest BCUT2D eigenvalue weighted by molar-refractivity contribution is 6.12. The van der Waals surface area contributed by atoms with Crippen LogP contribution in [0, 0.1) is 26.3 Å². The molecular formula is C25H25N2O+. The van der Waals surface area contributed by atoms with Crippen LogP contribution in [0.1, 0.15) is 38.8 Å². The van der Waals surface area contributed by atoms with Crippen molar-refractivity contribution in [2.24, 2.45) is 13.0 Å². The van der Waals surface area contributed by atoms with Gasteiger partial charge in [-0.1, -0.05) is 32.0 Å². The van der Waals surface area contributed by atoms with E-state index in [-0.39, 0.29) is 28.8 Å². The van der Waals surface area contributed by atoms with E-state index in [1.165, 1.54) is 6.07 Å². The zero-order valence-corrected chi connectivity index (χ0v) is 16.3. The maximum absolute atomic E-state index is 8.95. The summed E-state index contributed by atoms with van der Waals surface area (Å²) < 4.78 is 58.2. The van der Waals surface area contributed by atoms with Crippen LogP contribution in [0.4, 0.5) is 5.69 Å². The Labute approximate surface area is 174 Å². The van der Waals surface area contributed by atoms with Gasteiger partial charge in [-0.05, 0) is 48.8 Å². The minimum Gasteiger partial charge on any atom is -0.455 e. The van der Waals surface area contributed by atoms with E-state index in [4.69, 9.17) is 19.2 Å². The van der Waals surface area contributed by atoms with Gasteiger partial charge in [-0.25, -0.2) is 9.41 Å². The molecule has 0 bridgehead atoms. The molecule has 0 N–H and O–H groups in total. The first kappa shape index (κ1) is 12.4. The summed E-state index contributed by atoms with van der Waals surface area (Å²) in [4.78, 5) is 3.43. The lowest BCUT2D eigenvalue weighted by molar-refractivity contribution is -0.660. The van der Waals surface area contributed by atoms with Gasteiger partial charge in [0.25, 0.3) is 0 Å². The predicted molar refractivity (Wildman–Crippen MR) is 115 cm³/mol. The number of rotatable bonds is 3. The highest BCUT2D eigenvalue weighted by Gasteiger charge is 2.22. The molecule has 2 heterocycles. The summed E-state index contributed by atoms with van der Waals surface area (Å²) in [6, 6.07) is 8.37. The molecular weight excluding hydrogens is 344 g/mol. The third-order valence-corrected chi connectivity index (χ3v) is 4.86. The first-order valence-corrected chi connectivity index (χ1v) is 9.17. The lowest BCUT2D eigenvalue weighted by atomic mass is 9.96. The lowest BCUT2D eigenvalue weighted by Gasteiger charge is -2.09. The van der Waals surface area contributed by atoms with Gasteiger partial charge < -0.3 is 4.42 Å². The van der Waals surface area contributed by atoms with Crippen molar-refractivity contribution >= 4 is 27.6 Å². The second kappa shape index (κ2) is 6.80. The van der Waals surface area contributed by atoms with Gasteiger partial charge in [-0.15, -0.1) is 0 Å². The molecule has 0 radical (unpaired) electrons. The fourth-order valence-corrected chi connectivity index (χ4v) is 3.56. The highest BCUT2D eigenvalue weighted by atomic mass is 16.3. The molecule has 0 atom stereocenters. The molecule has 0 aliphatic heterocycles. The number of fused-ring (bicyclic) bond motifs is 3. The monoisotopic (exact) mass is 375 g/mol. The SMILES string of the molecule is [2H]c1c(C([2H])([2H])C(C)C)cc[n+](C)c1-c1c(C)ccc2c1oc1ccc([N+]#[C-])c(C([2H])([2H])[2H])c12. The molecule has 0 aliphatic rings. The molecule has 3 nitrogen and oxygen atoms in total. The Morgan fingerprint density at radius 1 is 1.29 bits per heavy atom. The summed E-state index contributed by atoms with van der Waals surface area (Å²) in [6.07, 6.45) is 0.0174. The summed E-state index contributed by atoms with van der Waals surface area (Å²) in [5, 5.41) is 0.913. The summed E-state index contributed by atoms with van der Waals surface area (Å²) in [5.74, 6) is -0.339. The van der Waals surface area contributed by atoms with Crippen molar-refractivity contribution in [1.82, 2.24) is 0 Å². The fraction of sp³-hybridized carbons (Fsp3) is 0.280. The zero-order chi connectivity index (χ0) is 25.2. The van der Waals surface area contributed by atoms with E-state index in [0.717, 1.165) is 5.56 Å². The molecule has 0 aliphatic carbocycles. The van der Waals surface area contributed by atoms with E-state index in [0.29, 0.717) is 33.2 Å². The van der Waals surface area contributed by atoms with Crippen LogP contribution < -0.4 is 4.57 Å². The van der Waals surface area contributed by atoms with Gasteiger partial charge in [0.1, 0.15) is 18.2 Å². The van der Waals surface area contributed by atoms with Crippen LogP contribution in [0.15, 0.2) is 47.0 Å². The molecule has 0 unspecified atom stereocenters. The van der Waals surface area contributed by atoms with E-state index in [9.17, 15) is 0 Å². The number of aromatic nitrogens is 1. The quantitative estimate of drug-likeness (QED) is 0.298. The molecule has 2 aromatic carbocycles. The molecule has 140 valence electrons. The fourth-order valence-electron chi connectivity index (χ4n) is 3.56. The molecule has 3 heteroatoms. The Morgan fingerprint density at radius 3 is 2.82 bits per heavy atom. The minimum absolute atomic E-state index is 0.0473. The number of hydrogen-bond acceptors (Lipinski definition) is 1. The number of aryl methyl sites for hydroxylation is 3. The summed E-state index contributed by atoms with van der Waals surface area (Å²) in [7, 11) is 1.79. The third kappa shape index (κ3) is 2.86. The average Bonchev–Trinajstić information content (AvgIpc) is 3.11. The molecule has 2 aromatic heterocycles. The topological polar surface area (TPSA) is 21.4 Å². The summed E-state index contributed by atoms with van der Waals surface area (Å²) in [5.41, 5.74) is 2.93. The smallest absolute Gasteiger partial charge is 0.216 e. The summed E-state index contributed by atoms with van der Waals surface area (Å²) >= 11 is 0. The Bertz CT molecular complexity index is 1490. The third-order valence-electron chi connectivity index (χ3n) is 4.86. The normalized spacial score (nSPS) is 15.6. The Hall–Kier alpha value is -3.12. The molecule has 4 rings (SSSR count). The van der Waals surface area contributed by atoms with Crippen LogP contribution >= 0.6 is 0 Å². The van der Waals surface area contributed by atoms with Gasteiger partial charge >= 0.3 is 0 Å². The largest absolute Gasteiger partial charge is 0.455 e. The number of benzene rings is 2. The van der Waals surface area contributed by atoms with Crippen molar-refractivity contribution in [3.63, 3.8) is 0 Å². The molecule has 0 saturated carbocycles. The van der Waals surface area contributed by atoms with Crippen LogP contribution in [0.2, 0.25) is 0 Å². The summed E-state index contributed by atoms with van der Waals surface area (Å²) in [6.45, 7) is 10.4. The van der Waals surface area contributed by atoms with Gasteiger partial charge in [0.05, 0.1) is 13.5 Å². The second-order valence-electron chi connectivity index (χ2n) is 7.29. The maximum atomic E-state index is 8.95. The van der Waals surface area contributed by atoms with Crippen LogP contribution in [-0.4, -0.2) is 0 Å². The van der Waals surface area contributed by atoms with E-state index in [1.54, 1.807) is 49.9 Å². The van der Waals surface area contributed by atoms with Crippen molar-refractivity contribution in [2.45, 2.75) is 34.0 Å². The van der Waals surface area contributed by atoms with Crippen molar-refractivity contribution in [3.05, 3.63) is 70.7 Å². The van der Waals surface area contributed by atoms with Gasteiger partial charge in [0, 0.05) is 29.7 Å². The van der Waals surface area contributed by atoms with Gasteiger partial charge in [-0.3, -0.25) is 0 Å². The van der Waals surface area contributed by atoms with Crippen molar-refractivity contribution in [3.8, 4) is 11.3 Å². The molecule has 0 amide bonds.